The number of amides is 2. The summed E-state index contributed by atoms with van der Waals surface area (Å²) >= 11 is 0. The van der Waals surface area contributed by atoms with Crippen LogP contribution in [0.15, 0.2) is 65.6 Å². The second-order valence-electron chi connectivity index (χ2n) is 13.7. The number of hydrogen-bond donors (Lipinski definition) is 3. The first-order valence-corrected chi connectivity index (χ1v) is 18.4. The van der Waals surface area contributed by atoms with Gasteiger partial charge in [-0.2, -0.15) is 26.3 Å². The van der Waals surface area contributed by atoms with Crippen LogP contribution in [0.4, 0.5) is 32.0 Å². The summed E-state index contributed by atoms with van der Waals surface area (Å²) < 4.78 is 107. The molecule has 2 bridgehead atoms. The van der Waals surface area contributed by atoms with Crippen molar-refractivity contribution in [2.45, 2.75) is 61.8 Å². The predicted octanol–water partition coefficient (Wildman–Crippen LogP) is 4.99. The molecule has 2 aromatic carbocycles. The molecule has 6 rings (SSSR count). The van der Waals surface area contributed by atoms with Crippen LogP contribution in [0.5, 0.6) is 0 Å². The van der Waals surface area contributed by atoms with Gasteiger partial charge in [-0.15, -0.1) is 0 Å². The third-order valence-corrected chi connectivity index (χ3v) is 12.1. The molecule has 3 N–H and O–H groups in total. The Morgan fingerprint density at radius 3 is 2.23 bits per heavy atom. The third kappa shape index (κ3) is 9.15. The van der Waals surface area contributed by atoms with Crippen molar-refractivity contribution in [3.63, 3.8) is 0 Å². The maximum absolute atomic E-state index is 14.6. The molecule has 0 aromatic heterocycles. The van der Waals surface area contributed by atoms with Crippen molar-refractivity contribution in [1.29, 1.82) is 0 Å². The molecule has 0 radical (unpaired) electrons. The van der Waals surface area contributed by atoms with Crippen LogP contribution in [0, 0.1) is 10.8 Å². The van der Waals surface area contributed by atoms with E-state index >= 15 is 0 Å². The minimum Gasteiger partial charge on any atom is -0.475 e. The molecule has 3 saturated heterocycles. The molecule has 0 aliphatic carbocycles. The number of carbonyl (C=O) groups excluding carboxylic acids is 2. The number of nitrogens with one attached hydrogen (secondary N) is 2. The monoisotopic (exact) mass is 774 g/mol. The summed E-state index contributed by atoms with van der Waals surface area (Å²) in [5.74, 6) is -3.23. The zero-order valence-electron chi connectivity index (χ0n) is 28.5. The Kier molecular flexibility index (Phi) is 11.8. The molecule has 11 nitrogen and oxygen atoms in total. The van der Waals surface area contributed by atoms with Gasteiger partial charge in [0.15, 0.2) is 0 Å². The molecule has 4 aliphatic heterocycles. The van der Waals surface area contributed by atoms with Gasteiger partial charge in [-0.05, 0) is 93.4 Å². The number of hydrogen-bond acceptors (Lipinski definition) is 7. The number of sulfonamides is 1. The second-order valence-corrected chi connectivity index (χ2v) is 15.6. The van der Waals surface area contributed by atoms with Crippen molar-refractivity contribution in [2.24, 2.45) is 10.8 Å². The fourth-order valence-electron chi connectivity index (χ4n) is 7.36. The van der Waals surface area contributed by atoms with Crippen LogP contribution in [0.25, 0.3) is 0 Å². The summed E-state index contributed by atoms with van der Waals surface area (Å²) in [4.78, 5) is 38.7. The minimum atomic E-state index is -5.08. The summed E-state index contributed by atoms with van der Waals surface area (Å²) in [5.41, 5.74) is -1.87. The number of rotatable bonds is 1. The second kappa shape index (κ2) is 15.7. The van der Waals surface area contributed by atoms with Gasteiger partial charge in [0.1, 0.15) is 0 Å². The predicted molar refractivity (Wildman–Crippen MR) is 179 cm³/mol. The lowest BCUT2D eigenvalue weighted by atomic mass is 9.74. The number of aliphatic carboxylic acids is 1. The first kappa shape index (κ1) is 40.0. The third-order valence-electron chi connectivity index (χ3n) is 10.3. The van der Waals surface area contributed by atoms with Gasteiger partial charge >= 0.3 is 18.3 Å². The van der Waals surface area contributed by atoms with Crippen molar-refractivity contribution >= 4 is 33.5 Å². The number of ether oxygens (including phenoxy) is 1. The number of benzene rings is 2. The Morgan fingerprint density at radius 2 is 1.58 bits per heavy atom. The highest BCUT2D eigenvalue weighted by atomic mass is 32.2. The number of halogens is 6. The number of piperidine rings is 1. The van der Waals surface area contributed by atoms with Gasteiger partial charge in [0.05, 0.1) is 28.1 Å². The number of nitrogens with zero attached hydrogens (tertiary/aromatic N) is 2. The highest BCUT2D eigenvalue weighted by Crippen LogP contribution is 2.46. The van der Waals surface area contributed by atoms with Gasteiger partial charge < -0.3 is 25.4 Å². The highest BCUT2D eigenvalue weighted by Gasteiger charge is 2.51. The molecule has 2 aromatic rings. The molecule has 290 valence electrons. The highest BCUT2D eigenvalue weighted by molar-refractivity contribution is 7.92. The molecule has 2 amide bonds. The fourth-order valence-corrected chi connectivity index (χ4v) is 8.82. The van der Waals surface area contributed by atoms with Gasteiger partial charge in [0.2, 0.25) is 5.91 Å². The molecule has 4 aliphatic rings. The van der Waals surface area contributed by atoms with Crippen LogP contribution in [0.1, 0.15) is 54.4 Å². The number of allylic oxidation sites excluding steroid dienone is 1. The zero-order valence-corrected chi connectivity index (χ0v) is 29.3. The summed E-state index contributed by atoms with van der Waals surface area (Å²) in [6.45, 7) is 3.08. The van der Waals surface area contributed by atoms with E-state index in [4.69, 9.17) is 14.6 Å². The van der Waals surface area contributed by atoms with E-state index in [1.54, 1.807) is 12.2 Å². The Morgan fingerprint density at radius 1 is 0.925 bits per heavy atom. The standard InChI is InChI=1S/C33H39F3N4O5S.C2HF3O2/c34-33(35,36)25-6-4-7-26(20-25)40-16-2-1-9-32(10-14-37-15-11-32)30(42)39-23-31(12-17-45-18-13-31)21-27(39)22-38-29(41)24-5-3-8-28(19-24)46(40,43)44;3-2(4,5)1(6)7/h1-8,19-20,27,37H,9-18,21-23H2,(H,38,41);(H,6,7)/b2-1-;. The summed E-state index contributed by atoms with van der Waals surface area (Å²) in [6.07, 6.45) is -2.42. The van der Waals surface area contributed by atoms with Gasteiger partial charge in [-0.25, -0.2) is 13.2 Å². The quantitative estimate of drug-likeness (QED) is 0.272. The van der Waals surface area contributed by atoms with E-state index < -0.39 is 45.2 Å². The first-order valence-electron chi connectivity index (χ1n) is 17.0. The van der Waals surface area contributed by atoms with Crippen LogP contribution < -0.4 is 14.9 Å². The lowest BCUT2D eigenvalue weighted by molar-refractivity contribution is -0.192. The van der Waals surface area contributed by atoms with Crippen molar-refractivity contribution in [3.8, 4) is 0 Å². The lowest BCUT2D eigenvalue weighted by Crippen LogP contribution is -2.53. The van der Waals surface area contributed by atoms with Crippen LogP contribution in [0.2, 0.25) is 0 Å². The van der Waals surface area contributed by atoms with E-state index in [1.165, 1.54) is 36.4 Å². The number of carbonyl (C=O) groups is 3. The maximum Gasteiger partial charge on any atom is 0.490 e. The van der Waals surface area contributed by atoms with Crippen LogP contribution in [-0.2, 0) is 30.5 Å². The van der Waals surface area contributed by atoms with Gasteiger partial charge in [0, 0.05) is 37.9 Å². The molecule has 1 unspecified atom stereocenters. The first-order chi connectivity index (χ1) is 24.9. The van der Waals surface area contributed by atoms with Crippen molar-refractivity contribution < 1.29 is 59.0 Å². The zero-order chi connectivity index (χ0) is 38.7. The van der Waals surface area contributed by atoms with E-state index in [9.17, 15) is 44.3 Å². The molecule has 18 heteroatoms. The van der Waals surface area contributed by atoms with Crippen LogP contribution in [0.3, 0.4) is 0 Å². The Balaban J connectivity index is 0.000000705. The Hall–Kier alpha value is -4.16. The Bertz CT molecular complexity index is 1810. The normalized spacial score (nSPS) is 23.8. The molecule has 3 fully saturated rings. The van der Waals surface area contributed by atoms with E-state index in [-0.39, 0.29) is 46.6 Å². The Labute approximate surface area is 302 Å². The molecular weight excluding hydrogens is 734 g/mol. The van der Waals surface area contributed by atoms with Gasteiger partial charge in [-0.3, -0.25) is 13.9 Å². The number of carboxylic acids is 1. The maximum atomic E-state index is 14.6. The average molecular weight is 775 g/mol. The van der Waals surface area contributed by atoms with Gasteiger partial charge in [-0.1, -0.05) is 24.3 Å². The number of anilines is 1. The molecule has 53 heavy (non-hydrogen) atoms. The topological polar surface area (TPSA) is 145 Å². The fraction of sp³-hybridized carbons (Fsp3) is 0.514. The minimum absolute atomic E-state index is 0.0257. The van der Waals surface area contributed by atoms with Crippen molar-refractivity contribution in [1.82, 2.24) is 15.5 Å². The van der Waals surface area contributed by atoms with E-state index in [0.29, 0.717) is 52.1 Å². The molecular formula is C35H40F6N4O7S. The van der Waals surface area contributed by atoms with Crippen molar-refractivity contribution in [2.75, 3.05) is 50.2 Å². The molecule has 1 atom stereocenters. The van der Waals surface area contributed by atoms with E-state index in [0.717, 1.165) is 35.7 Å². The average Bonchev–Trinajstić information content (AvgIpc) is 3.46. The summed E-state index contributed by atoms with van der Waals surface area (Å²) in [6, 6.07) is 9.45. The van der Waals surface area contributed by atoms with Crippen molar-refractivity contribution in [3.05, 3.63) is 71.8 Å². The molecule has 0 saturated carbocycles. The molecule has 4 heterocycles. The number of fused-ring (bicyclic) bond motifs is 3. The largest absolute Gasteiger partial charge is 0.490 e. The number of carboxylic acid groups (broad SMARTS) is 1. The smallest absolute Gasteiger partial charge is 0.475 e. The summed E-state index contributed by atoms with van der Waals surface area (Å²) in [7, 11) is -4.41. The van der Waals surface area contributed by atoms with Crippen LogP contribution in [-0.4, -0.2) is 94.4 Å². The van der Waals surface area contributed by atoms with E-state index in [2.05, 4.69) is 10.6 Å². The molecule has 2 spiro atoms. The number of alkyl halides is 6. The van der Waals surface area contributed by atoms with Crippen LogP contribution >= 0.6 is 0 Å². The van der Waals surface area contributed by atoms with Gasteiger partial charge in [0.25, 0.3) is 15.9 Å². The SMILES string of the molecule is O=C(O)C(F)(F)F.O=C1NCC2CC3(CCOCC3)CN2C(=O)C2(C/C=C\CN(c3cccc(C(F)(F)F)c3)S(=O)(=O)c3cccc1c3)CCNCC2. The van der Waals surface area contributed by atoms with E-state index in [1.807, 2.05) is 4.90 Å². The summed E-state index contributed by atoms with van der Waals surface area (Å²) in [5, 5.41) is 13.4. The lowest BCUT2D eigenvalue weighted by Gasteiger charge is -2.41.